The van der Waals surface area contributed by atoms with E-state index in [9.17, 15) is 5.11 Å². The molecule has 0 saturated heterocycles. The lowest BCUT2D eigenvalue weighted by Crippen LogP contribution is -2.44. The molecule has 21 heavy (non-hydrogen) atoms. The van der Waals surface area contributed by atoms with Crippen LogP contribution in [0.3, 0.4) is 0 Å². The van der Waals surface area contributed by atoms with Gasteiger partial charge < -0.3 is 16.2 Å². The zero-order valence-corrected chi connectivity index (χ0v) is 12.8. The van der Waals surface area contributed by atoms with Gasteiger partial charge in [0.1, 0.15) is 0 Å². The van der Waals surface area contributed by atoms with Gasteiger partial charge in [0.2, 0.25) is 0 Å². The summed E-state index contributed by atoms with van der Waals surface area (Å²) in [5.41, 5.74) is 8.30. The fraction of sp³-hybridized carbons (Fsp3) is 0.294. The van der Waals surface area contributed by atoms with Crippen LogP contribution in [-0.4, -0.2) is 17.3 Å². The maximum Gasteiger partial charge on any atom is 0.0681 e. The normalized spacial score (nSPS) is 15.4. The van der Waals surface area contributed by atoms with Gasteiger partial charge in [0.25, 0.3) is 0 Å². The molecule has 0 heterocycles. The van der Waals surface area contributed by atoms with Crippen LogP contribution in [0.1, 0.15) is 24.1 Å². The van der Waals surface area contributed by atoms with Crippen LogP contribution >= 0.6 is 11.6 Å². The third-order valence-corrected chi connectivity index (χ3v) is 3.75. The molecule has 0 spiro atoms. The summed E-state index contributed by atoms with van der Waals surface area (Å²) in [6.45, 7) is 2.35. The van der Waals surface area contributed by atoms with Crippen molar-refractivity contribution in [3.05, 3.63) is 70.7 Å². The molecule has 0 saturated carbocycles. The van der Waals surface area contributed by atoms with Gasteiger partial charge in [-0.2, -0.15) is 0 Å². The van der Waals surface area contributed by atoms with Crippen molar-refractivity contribution in [2.45, 2.75) is 31.7 Å². The summed E-state index contributed by atoms with van der Waals surface area (Å²) >= 11 is 6.00. The van der Waals surface area contributed by atoms with E-state index in [1.807, 2.05) is 54.6 Å². The molecule has 0 fully saturated rings. The van der Waals surface area contributed by atoms with Gasteiger partial charge >= 0.3 is 0 Å². The summed E-state index contributed by atoms with van der Waals surface area (Å²) < 4.78 is 0. The number of halogens is 1. The molecule has 0 aliphatic rings. The number of nitrogens with two attached hydrogens (primary N) is 1. The van der Waals surface area contributed by atoms with Crippen LogP contribution in [0.25, 0.3) is 0 Å². The van der Waals surface area contributed by atoms with Crippen molar-refractivity contribution in [1.82, 2.24) is 5.32 Å². The van der Waals surface area contributed by atoms with Gasteiger partial charge in [0, 0.05) is 17.6 Å². The van der Waals surface area contributed by atoms with E-state index in [0.717, 1.165) is 11.1 Å². The van der Waals surface area contributed by atoms with Gasteiger partial charge in [0.15, 0.2) is 0 Å². The molecule has 2 aromatic carbocycles. The molecule has 0 radical (unpaired) electrons. The van der Waals surface area contributed by atoms with Gasteiger partial charge in [0.05, 0.1) is 12.1 Å². The highest BCUT2D eigenvalue weighted by Crippen LogP contribution is 2.19. The summed E-state index contributed by atoms with van der Waals surface area (Å²) in [4.78, 5) is 0. The van der Waals surface area contributed by atoms with Crippen molar-refractivity contribution >= 4 is 11.6 Å². The van der Waals surface area contributed by atoms with Crippen molar-refractivity contribution in [3.8, 4) is 0 Å². The van der Waals surface area contributed by atoms with E-state index in [2.05, 4.69) is 5.32 Å². The number of benzene rings is 2. The second-order valence-electron chi connectivity index (χ2n) is 5.22. The molecule has 4 heteroatoms. The van der Waals surface area contributed by atoms with E-state index >= 15 is 0 Å². The smallest absolute Gasteiger partial charge is 0.0681 e. The third kappa shape index (κ3) is 4.55. The van der Waals surface area contributed by atoms with E-state index in [4.69, 9.17) is 17.3 Å². The molecule has 4 N–H and O–H groups in total. The Morgan fingerprint density at radius 3 is 2.48 bits per heavy atom. The fourth-order valence-electron chi connectivity index (χ4n) is 2.29. The van der Waals surface area contributed by atoms with Crippen molar-refractivity contribution in [2.24, 2.45) is 5.73 Å². The second kappa shape index (κ2) is 7.57. The first kappa shape index (κ1) is 16.0. The minimum Gasteiger partial charge on any atom is -0.392 e. The minimum absolute atomic E-state index is 0.120. The Labute approximate surface area is 130 Å². The summed E-state index contributed by atoms with van der Waals surface area (Å²) in [5, 5.41) is 13.9. The molecule has 3 nitrogen and oxygen atoms in total. The Morgan fingerprint density at radius 1 is 1.14 bits per heavy atom. The molecule has 0 aliphatic heterocycles. The van der Waals surface area contributed by atoms with E-state index in [1.54, 1.807) is 6.92 Å². The van der Waals surface area contributed by atoms with Crippen LogP contribution in [0, 0.1) is 0 Å². The molecule has 0 amide bonds. The number of nitrogens with one attached hydrogen (secondary N) is 1. The summed E-state index contributed by atoms with van der Waals surface area (Å²) in [6, 6.07) is 17.1. The summed E-state index contributed by atoms with van der Waals surface area (Å²) in [7, 11) is 0. The molecule has 0 bridgehead atoms. The Hall–Kier alpha value is -1.39. The van der Waals surface area contributed by atoms with E-state index < -0.39 is 6.10 Å². The van der Waals surface area contributed by atoms with Crippen molar-refractivity contribution < 1.29 is 5.11 Å². The van der Waals surface area contributed by atoms with Crippen LogP contribution in [0.2, 0.25) is 5.02 Å². The van der Waals surface area contributed by atoms with Crippen LogP contribution < -0.4 is 11.1 Å². The largest absolute Gasteiger partial charge is 0.392 e. The van der Waals surface area contributed by atoms with Crippen LogP contribution in [-0.2, 0) is 6.54 Å². The maximum atomic E-state index is 9.81. The minimum atomic E-state index is -0.595. The SMILES string of the molecule is CC(O)C(N)C(NCc1cccc(Cl)c1)c1ccccc1. The predicted molar refractivity (Wildman–Crippen MR) is 87.1 cm³/mol. The topological polar surface area (TPSA) is 58.3 Å². The first-order valence-corrected chi connectivity index (χ1v) is 7.42. The van der Waals surface area contributed by atoms with E-state index in [-0.39, 0.29) is 12.1 Å². The number of aliphatic hydroxyl groups excluding tert-OH is 1. The molecular formula is C17H21ClN2O. The highest BCUT2D eigenvalue weighted by Gasteiger charge is 2.23. The zero-order chi connectivity index (χ0) is 15.2. The Balaban J connectivity index is 2.13. The second-order valence-corrected chi connectivity index (χ2v) is 5.65. The highest BCUT2D eigenvalue weighted by molar-refractivity contribution is 6.30. The van der Waals surface area contributed by atoms with Gasteiger partial charge in [-0.3, -0.25) is 0 Å². The molecule has 0 aliphatic carbocycles. The molecule has 3 unspecified atom stereocenters. The van der Waals surface area contributed by atoms with Gasteiger partial charge in [-0.1, -0.05) is 54.1 Å². The lowest BCUT2D eigenvalue weighted by atomic mass is 9.96. The van der Waals surface area contributed by atoms with Gasteiger partial charge in [-0.05, 0) is 30.2 Å². The zero-order valence-electron chi connectivity index (χ0n) is 12.0. The summed E-state index contributed by atoms with van der Waals surface area (Å²) in [5.74, 6) is 0. The number of rotatable bonds is 6. The highest BCUT2D eigenvalue weighted by atomic mass is 35.5. The molecule has 3 atom stereocenters. The van der Waals surface area contributed by atoms with Gasteiger partial charge in [-0.15, -0.1) is 0 Å². The lowest BCUT2D eigenvalue weighted by Gasteiger charge is -2.27. The first-order valence-electron chi connectivity index (χ1n) is 7.04. The third-order valence-electron chi connectivity index (χ3n) is 3.52. The van der Waals surface area contributed by atoms with Crippen LogP contribution in [0.4, 0.5) is 0 Å². The van der Waals surface area contributed by atoms with Crippen LogP contribution in [0.15, 0.2) is 54.6 Å². The molecule has 0 aromatic heterocycles. The lowest BCUT2D eigenvalue weighted by molar-refractivity contribution is 0.142. The molecule has 2 rings (SSSR count). The fourth-order valence-corrected chi connectivity index (χ4v) is 2.50. The average Bonchev–Trinajstić information content (AvgIpc) is 2.48. The average molecular weight is 305 g/mol. The van der Waals surface area contributed by atoms with Crippen molar-refractivity contribution in [3.63, 3.8) is 0 Å². The monoisotopic (exact) mass is 304 g/mol. The Kier molecular flexibility index (Phi) is 5.76. The maximum absolute atomic E-state index is 9.81. The molecule has 2 aromatic rings. The Morgan fingerprint density at radius 2 is 1.86 bits per heavy atom. The van der Waals surface area contributed by atoms with Crippen LogP contribution in [0.5, 0.6) is 0 Å². The first-order chi connectivity index (χ1) is 10.1. The predicted octanol–water partition coefficient (Wildman–Crippen LogP) is 2.88. The number of hydrogen-bond donors (Lipinski definition) is 3. The quantitative estimate of drug-likeness (QED) is 0.769. The summed E-state index contributed by atoms with van der Waals surface area (Å²) in [6.07, 6.45) is -0.595. The molecule has 112 valence electrons. The van der Waals surface area contributed by atoms with E-state index in [0.29, 0.717) is 11.6 Å². The molecular weight excluding hydrogens is 284 g/mol. The van der Waals surface area contributed by atoms with Crippen molar-refractivity contribution in [1.29, 1.82) is 0 Å². The van der Waals surface area contributed by atoms with E-state index in [1.165, 1.54) is 0 Å². The number of hydrogen-bond acceptors (Lipinski definition) is 3. The standard InChI is InChI=1S/C17H21ClN2O/c1-12(21)16(19)17(14-7-3-2-4-8-14)20-11-13-6-5-9-15(18)10-13/h2-10,12,16-17,20-21H,11,19H2,1H3. The number of aliphatic hydroxyl groups is 1. The van der Waals surface area contributed by atoms with Crippen molar-refractivity contribution in [2.75, 3.05) is 0 Å². The van der Waals surface area contributed by atoms with Gasteiger partial charge in [-0.25, -0.2) is 0 Å². The Bertz CT molecular complexity index is 560.